The summed E-state index contributed by atoms with van der Waals surface area (Å²) in [5.41, 5.74) is 2.20. The van der Waals surface area contributed by atoms with E-state index in [1.54, 1.807) is 24.3 Å². The van der Waals surface area contributed by atoms with E-state index in [1.165, 1.54) is 16.9 Å². The van der Waals surface area contributed by atoms with Crippen molar-refractivity contribution in [2.24, 2.45) is 0 Å². The Balaban J connectivity index is 2.04. The molecule has 0 atom stereocenters. The van der Waals surface area contributed by atoms with Gasteiger partial charge in [0.05, 0.1) is 19.8 Å². The second-order valence-electron chi connectivity index (χ2n) is 5.74. The van der Waals surface area contributed by atoms with Crippen LogP contribution in [0, 0.1) is 0 Å². The first-order chi connectivity index (χ1) is 13.1. The maximum absolute atomic E-state index is 12.7. The molecule has 0 aliphatic rings. The second-order valence-corrected chi connectivity index (χ2v) is 6.68. The maximum atomic E-state index is 12.7. The van der Waals surface area contributed by atoms with Crippen molar-refractivity contribution in [2.75, 3.05) is 32.2 Å². The summed E-state index contributed by atoms with van der Waals surface area (Å²) in [7, 11) is 1.59. The fraction of sp³-hybridized carbons (Fsp3) is 0.421. The first-order valence-electron chi connectivity index (χ1n) is 8.82. The number of benzene rings is 1. The Morgan fingerprint density at radius 1 is 1.22 bits per heavy atom. The number of rotatable bonds is 9. The average molecular weight is 391 g/mol. The van der Waals surface area contributed by atoms with Gasteiger partial charge in [0, 0.05) is 24.7 Å². The minimum Gasteiger partial charge on any atom is -0.461 e. The minimum atomic E-state index is -0.455. The number of amides is 2. The van der Waals surface area contributed by atoms with Gasteiger partial charge >= 0.3 is 12.0 Å². The van der Waals surface area contributed by atoms with E-state index in [1.807, 2.05) is 24.3 Å². The molecule has 1 aromatic carbocycles. The smallest absolute Gasteiger partial charge is 0.357 e. The summed E-state index contributed by atoms with van der Waals surface area (Å²) in [5, 5.41) is 5.19. The Morgan fingerprint density at radius 2 is 1.96 bits per heavy atom. The van der Waals surface area contributed by atoms with Gasteiger partial charge in [-0.25, -0.2) is 14.6 Å². The number of aromatic nitrogens is 1. The van der Waals surface area contributed by atoms with E-state index in [4.69, 9.17) is 9.47 Å². The number of methoxy groups -OCH3 is 1. The number of carbonyl (C=O) groups is 2. The number of nitrogens with one attached hydrogen (secondary N) is 1. The first-order valence-corrected chi connectivity index (χ1v) is 9.70. The highest BCUT2D eigenvalue weighted by molar-refractivity contribution is 7.09. The monoisotopic (exact) mass is 391 g/mol. The second kappa shape index (κ2) is 10.6. The largest absolute Gasteiger partial charge is 0.461 e. The zero-order chi connectivity index (χ0) is 19.6. The van der Waals surface area contributed by atoms with Gasteiger partial charge in [0.2, 0.25) is 0 Å². The number of urea groups is 1. The van der Waals surface area contributed by atoms with Gasteiger partial charge < -0.3 is 19.7 Å². The summed E-state index contributed by atoms with van der Waals surface area (Å²) in [6.45, 7) is 5.22. The lowest BCUT2D eigenvalue weighted by atomic mass is 10.1. The standard InChI is InChI=1S/C19H25N3O4S/c1-4-14-6-8-15(9-7-14)20-19(24)22(10-11-25-3)12-17-21-16(13-27-17)18(23)26-5-2/h6-9,13H,4-5,10-12H2,1-3H3,(H,20,24). The molecule has 0 radical (unpaired) electrons. The summed E-state index contributed by atoms with van der Waals surface area (Å²) in [4.78, 5) is 30.3. The molecule has 146 valence electrons. The van der Waals surface area contributed by atoms with E-state index in [2.05, 4.69) is 17.2 Å². The predicted octanol–water partition coefficient (Wildman–Crippen LogP) is 3.56. The molecule has 1 N–H and O–H groups in total. The molecular formula is C19H25N3O4S. The molecule has 2 aromatic rings. The summed E-state index contributed by atoms with van der Waals surface area (Å²) < 4.78 is 10.1. The highest BCUT2D eigenvalue weighted by Gasteiger charge is 2.18. The van der Waals surface area contributed by atoms with Gasteiger partial charge in [0.25, 0.3) is 0 Å². The predicted molar refractivity (Wildman–Crippen MR) is 105 cm³/mol. The van der Waals surface area contributed by atoms with Crippen molar-refractivity contribution >= 4 is 29.0 Å². The SMILES string of the molecule is CCOC(=O)c1csc(CN(CCOC)C(=O)Nc2ccc(CC)cc2)n1. The number of ether oxygens (including phenoxy) is 2. The van der Waals surface area contributed by atoms with Crippen LogP contribution < -0.4 is 5.32 Å². The van der Waals surface area contributed by atoms with Crippen LogP contribution in [0.25, 0.3) is 0 Å². The summed E-state index contributed by atoms with van der Waals surface area (Å²) >= 11 is 1.32. The molecule has 0 spiro atoms. The van der Waals surface area contributed by atoms with Crippen LogP contribution in [0.4, 0.5) is 10.5 Å². The van der Waals surface area contributed by atoms with Crippen LogP contribution in [-0.4, -0.2) is 48.8 Å². The molecule has 1 aromatic heterocycles. The summed E-state index contributed by atoms with van der Waals surface area (Å²) in [5.74, 6) is -0.455. The molecule has 27 heavy (non-hydrogen) atoms. The molecule has 0 aliphatic carbocycles. The Kier molecular flexibility index (Phi) is 8.22. The number of anilines is 1. The van der Waals surface area contributed by atoms with Gasteiger partial charge in [-0.1, -0.05) is 19.1 Å². The number of thiazole rings is 1. The van der Waals surface area contributed by atoms with Gasteiger partial charge in [-0.05, 0) is 31.0 Å². The molecule has 0 unspecified atom stereocenters. The van der Waals surface area contributed by atoms with Crippen molar-refractivity contribution in [2.45, 2.75) is 26.8 Å². The highest BCUT2D eigenvalue weighted by atomic mass is 32.1. The van der Waals surface area contributed by atoms with Crippen LogP contribution in [0.3, 0.4) is 0 Å². The average Bonchev–Trinajstić information content (AvgIpc) is 3.14. The molecule has 0 fully saturated rings. The molecule has 0 saturated carbocycles. The van der Waals surface area contributed by atoms with Gasteiger partial charge in [-0.15, -0.1) is 11.3 Å². The molecule has 0 aliphatic heterocycles. The molecule has 1 heterocycles. The number of hydrogen-bond donors (Lipinski definition) is 1. The van der Waals surface area contributed by atoms with E-state index >= 15 is 0 Å². The number of nitrogens with zero attached hydrogens (tertiary/aromatic N) is 2. The number of carbonyl (C=O) groups excluding carboxylic acids is 2. The quantitative estimate of drug-likeness (QED) is 0.661. The number of aryl methyl sites for hydroxylation is 1. The third-order valence-electron chi connectivity index (χ3n) is 3.83. The Hall–Kier alpha value is -2.45. The molecule has 8 heteroatoms. The van der Waals surface area contributed by atoms with E-state index in [9.17, 15) is 9.59 Å². The topological polar surface area (TPSA) is 80.8 Å². The zero-order valence-electron chi connectivity index (χ0n) is 15.9. The maximum Gasteiger partial charge on any atom is 0.357 e. The lowest BCUT2D eigenvalue weighted by Gasteiger charge is -2.22. The molecule has 0 saturated heterocycles. The van der Waals surface area contributed by atoms with E-state index < -0.39 is 5.97 Å². The minimum absolute atomic E-state index is 0.246. The Labute approximate surface area is 163 Å². The van der Waals surface area contributed by atoms with Crippen molar-refractivity contribution in [3.8, 4) is 0 Å². The van der Waals surface area contributed by atoms with Gasteiger partial charge in [0.1, 0.15) is 5.01 Å². The molecule has 2 amide bonds. The first kappa shape index (κ1) is 20.9. The fourth-order valence-corrected chi connectivity index (χ4v) is 3.10. The molecule has 7 nitrogen and oxygen atoms in total. The number of esters is 1. The van der Waals surface area contributed by atoms with E-state index in [-0.39, 0.29) is 18.3 Å². The zero-order valence-corrected chi connectivity index (χ0v) is 16.7. The van der Waals surface area contributed by atoms with Crippen molar-refractivity contribution in [3.05, 3.63) is 45.9 Å². The Morgan fingerprint density at radius 3 is 2.59 bits per heavy atom. The van der Waals surface area contributed by atoms with Gasteiger partial charge in [-0.3, -0.25) is 0 Å². The van der Waals surface area contributed by atoms with E-state index in [0.29, 0.717) is 24.8 Å². The van der Waals surface area contributed by atoms with Crippen molar-refractivity contribution in [3.63, 3.8) is 0 Å². The van der Waals surface area contributed by atoms with Gasteiger partial charge in [0.15, 0.2) is 5.69 Å². The van der Waals surface area contributed by atoms with Crippen LogP contribution in [0.2, 0.25) is 0 Å². The van der Waals surface area contributed by atoms with Crippen LogP contribution in [0.15, 0.2) is 29.6 Å². The van der Waals surface area contributed by atoms with Crippen LogP contribution in [0.1, 0.15) is 34.9 Å². The molecule has 2 rings (SSSR count). The van der Waals surface area contributed by atoms with E-state index in [0.717, 1.165) is 12.1 Å². The number of hydrogen-bond acceptors (Lipinski definition) is 6. The third kappa shape index (κ3) is 6.33. The van der Waals surface area contributed by atoms with Gasteiger partial charge in [-0.2, -0.15) is 0 Å². The highest BCUT2D eigenvalue weighted by Crippen LogP contribution is 2.15. The third-order valence-corrected chi connectivity index (χ3v) is 4.66. The van der Waals surface area contributed by atoms with Crippen LogP contribution >= 0.6 is 11.3 Å². The fourth-order valence-electron chi connectivity index (χ4n) is 2.33. The van der Waals surface area contributed by atoms with Crippen molar-refractivity contribution in [1.29, 1.82) is 0 Å². The molecular weight excluding hydrogens is 366 g/mol. The Bertz CT molecular complexity index is 746. The summed E-state index contributed by atoms with van der Waals surface area (Å²) in [6.07, 6.45) is 0.945. The normalized spacial score (nSPS) is 10.5. The lowest BCUT2D eigenvalue weighted by Crippen LogP contribution is -2.36. The molecule has 0 bridgehead atoms. The van der Waals surface area contributed by atoms with Crippen molar-refractivity contribution < 1.29 is 19.1 Å². The van der Waals surface area contributed by atoms with Crippen molar-refractivity contribution in [1.82, 2.24) is 9.88 Å². The van der Waals surface area contributed by atoms with Crippen LogP contribution in [0.5, 0.6) is 0 Å². The lowest BCUT2D eigenvalue weighted by molar-refractivity contribution is 0.0520. The summed E-state index contributed by atoms with van der Waals surface area (Å²) in [6, 6.07) is 7.49. The van der Waals surface area contributed by atoms with Crippen LogP contribution in [-0.2, 0) is 22.4 Å².